The maximum atomic E-state index is 12.0. The van der Waals surface area contributed by atoms with Gasteiger partial charge in [-0.3, -0.25) is 0 Å². The number of ether oxygens (including phenoxy) is 1. The van der Waals surface area contributed by atoms with Gasteiger partial charge >= 0.3 is 6.03 Å². The summed E-state index contributed by atoms with van der Waals surface area (Å²) in [7, 11) is -2.99. The Bertz CT molecular complexity index is 587. The Morgan fingerprint density at radius 2 is 2.30 bits per heavy atom. The van der Waals surface area contributed by atoms with Crippen molar-refractivity contribution in [3.63, 3.8) is 0 Å². The van der Waals surface area contributed by atoms with Gasteiger partial charge in [0.2, 0.25) is 0 Å². The zero-order chi connectivity index (χ0) is 16.3. The van der Waals surface area contributed by atoms with Crippen molar-refractivity contribution in [1.29, 1.82) is 0 Å². The number of hydrogen-bond donors (Lipinski definition) is 2. The van der Waals surface area contributed by atoms with E-state index in [1.807, 2.05) is 0 Å². The van der Waals surface area contributed by atoms with Crippen LogP contribution in [0.15, 0.2) is 11.6 Å². The average Bonchev–Trinajstić information content (AvgIpc) is 3.07. The number of urea groups is 1. The minimum absolute atomic E-state index is 0.0113. The lowest BCUT2D eigenvalue weighted by Crippen LogP contribution is -2.51. The molecule has 23 heavy (non-hydrogen) atoms. The second kappa shape index (κ2) is 6.81. The largest absolute Gasteiger partial charge is 0.374 e. The zero-order valence-electron chi connectivity index (χ0n) is 13.5. The number of rotatable bonds is 4. The van der Waals surface area contributed by atoms with Crippen LogP contribution in [0.1, 0.15) is 44.9 Å². The minimum atomic E-state index is -2.99. The van der Waals surface area contributed by atoms with Gasteiger partial charge in [-0.25, -0.2) is 13.2 Å². The van der Waals surface area contributed by atoms with Gasteiger partial charge < -0.3 is 15.4 Å². The van der Waals surface area contributed by atoms with Crippen LogP contribution >= 0.6 is 0 Å². The molecule has 0 aromatic rings. The maximum absolute atomic E-state index is 12.0. The molecule has 2 fully saturated rings. The van der Waals surface area contributed by atoms with Gasteiger partial charge in [-0.05, 0) is 44.9 Å². The molecule has 2 atom stereocenters. The monoisotopic (exact) mass is 342 g/mol. The molecule has 7 heteroatoms. The first kappa shape index (κ1) is 16.8. The van der Waals surface area contributed by atoms with Crippen LogP contribution in [0.2, 0.25) is 0 Å². The number of carbonyl (C=O) groups is 1. The van der Waals surface area contributed by atoms with Gasteiger partial charge in [0.05, 0.1) is 17.1 Å². The molecule has 2 heterocycles. The quantitative estimate of drug-likeness (QED) is 0.759. The summed E-state index contributed by atoms with van der Waals surface area (Å²) in [6.07, 6.45) is 8.60. The van der Waals surface area contributed by atoms with Crippen LogP contribution in [0, 0.1) is 0 Å². The number of sulfone groups is 1. The molecule has 3 aliphatic rings. The Morgan fingerprint density at radius 3 is 3.00 bits per heavy atom. The molecule has 1 spiro atoms. The lowest BCUT2D eigenvalue weighted by Gasteiger charge is -2.37. The molecular formula is C16H26N2O4S. The van der Waals surface area contributed by atoms with Gasteiger partial charge in [0.25, 0.3) is 0 Å². The highest BCUT2D eigenvalue weighted by atomic mass is 32.2. The summed E-state index contributed by atoms with van der Waals surface area (Å²) in [5.41, 5.74) is 0.857. The Kier molecular flexibility index (Phi) is 4.96. The third-order valence-corrected chi connectivity index (χ3v) is 6.84. The van der Waals surface area contributed by atoms with Crippen LogP contribution in [-0.2, 0) is 14.6 Å². The van der Waals surface area contributed by atoms with Crippen LogP contribution in [0.5, 0.6) is 0 Å². The molecule has 0 aromatic carbocycles. The summed E-state index contributed by atoms with van der Waals surface area (Å²) in [6.45, 7) is 1.16. The summed E-state index contributed by atoms with van der Waals surface area (Å²) in [5.74, 6) is 0.287. The molecule has 0 aromatic heterocycles. The topological polar surface area (TPSA) is 84.5 Å². The molecule has 0 bridgehead atoms. The normalized spacial score (nSPS) is 32.7. The Morgan fingerprint density at radius 1 is 1.43 bits per heavy atom. The molecule has 2 N–H and O–H groups in total. The maximum Gasteiger partial charge on any atom is 0.315 e. The predicted octanol–water partition coefficient (Wildman–Crippen LogP) is 1.52. The second-order valence-electron chi connectivity index (χ2n) is 6.97. The van der Waals surface area contributed by atoms with Crippen molar-refractivity contribution in [2.45, 2.75) is 56.6 Å². The highest BCUT2D eigenvalue weighted by molar-refractivity contribution is 7.91. The van der Waals surface area contributed by atoms with Gasteiger partial charge in [0, 0.05) is 19.2 Å². The molecule has 6 nitrogen and oxygen atoms in total. The third kappa shape index (κ3) is 4.47. The van der Waals surface area contributed by atoms with E-state index in [1.54, 1.807) is 0 Å². The van der Waals surface area contributed by atoms with Crippen molar-refractivity contribution in [3.8, 4) is 0 Å². The molecule has 3 rings (SSSR count). The molecule has 2 saturated heterocycles. The minimum Gasteiger partial charge on any atom is -0.374 e. The summed E-state index contributed by atoms with van der Waals surface area (Å²) < 4.78 is 29.2. The van der Waals surface area contributed by atoms with Crippen molar-refractivity contribution in [3.05, 3.63) is 11.6 Å². The first-order chi connectivity index (χ1) is 11.0. The lowest BCUT2D eigenvalue weighted by molar-refractivity contribution is -0.0687. The third-order valence-electron chi connectivity index (χ3n) is 5.05. The molecule has 2 amide bonds. The van der Waals surface area contributed by atoms with Crippen LogP contribution < -0.4 is 10.6 Å². The fourth-order valence-corrected chi connectivity index (χ4v) is 5.82. The number of hydrogen-bond acceptors (Lipinski definition) is 4. The Labute approximate surface area is 138 Å². The van der Waals surface area contributed by atoms with E-state index in [2.05, 4.69) is 16.7 Å². The first-order valence-electron chi connectivity index (χ1n) is 8.53. The van der Waals surface area contributed by atoms with E-state index >= 15 is 0 Å². The van der Waals surface area contributed by atoms with E-state index in [0.717, 1.165) is 25.7 Å². The van der Waals surface area contributed by atoms with Crippen LogP contribution in [0.4, 0.5) is 4.79 Å². The molecule has 130 valence electrons. The number of carbonyl (C=O) groups excluding carboxylic acids is 1. The van der Waals surface area contributed by atoms with Crippen molar-refractivity contribution >= 4 is 15.9 Å². The van der Waals surface area contributed by atoms with Crippen LogP contribution in [0.3, 0.4) is 0 Å². The smallest absolute Gasteiger partial charge is 0.315 e. The first-order valence-corrected chi connectivity index (χ1v) is 10.4. The SMILES string of the molecule is O=C(NCCC1=CCCC1)NC1CCOC2(CCS(=O)(=O)C2)C1. The molecule has 0 saturated carbocycles. The summed E-state index contributed by atoms with van der Waals surface area (Å²) in [5, 5.41) is 5.88. The number of nitrogens with one attached hydrogen (secondary N) is 2. The number of allylic oxidation sites excluding steroid dienone is 1. The molecule has 2 aliphatic heterocycles. The van der Waals surface area contributed by atoms with E-state index < -0.39 is 15.4 Å². The van der Waals surface area contributed by atoms with Gasteiger partial charge in [0.1, 0.15) is 0 Å². The van der Waals surface area contributed by atoms with Crippen molar-refractivity contribution < 1.29 is 17.9 Å². The molecule has 2 unspecified atom stereocenters. The van der Waals surface area contributed by atoms with Crippen molar-refractivity contribution in [2.75, 3.05) is 24.7 Å². The van der Waals surface area contributed by atoms with E-state index in [1.165, 1.54) is 12.0 Å². The number of amides is 2. The molecular weight excluding hydrogens is 316 g/mol. The van der Waals surface area contributed by atoms with Gasteiger partial charge in [0.15, 0.2) is 9.84 Å². The van der Waals surface area contributed by atoms with Crippen molar-refractivity contribution in [1.82, 2.24) is 10.6 Å². The van der Waals surface area contributed by atoms with Gasteiger partial charge in [-0.15, -0.1) is 0 Å². The zero-order valence-corrected chi connectivity index (χ0v) is 14.3. The summed E-state index contributed by atoms with van der Waals surface area (Å²) in [6, 6.07) is -0.172. The Balaban J connectivity index is 1.43. The molecule has 0 radical (unpaired) electrons. The van der Waals surface area contributed by atoms with Gasteiger partial charge in [-0.2, -0.15) is 0 Å². The highest BCUT2D eigenvalue weighted by Gasteiger charge is 2.46. The van der Waals surface area contributed by atoms with Crippen LogP contribution in [0.25, 0.3) is 0 Å². The average molecular weight is 342 g/mol. The predicted molar refractivity (Wildman–Crippen MR) is 88.1 cm³/mol. The van der Waals surface area contributed by atoms with E-state index in [4.69, 9.17) is 4.74 Å². The fourth-order valence-electron chi connectivity index (χ4n) is 3.85. The second-order valence-corrected chi connectivity index (χ2v) is 9.15. The van der Waals surface area contributed by atoms with E-state index in [0.29, 0.717) is 26.0 Å². The van der Waals surface area contributed by atoms with Crippen LogP contribution in [-0.4, -0.2) is 50.7 Å². The lowest BCUT2D eigenvalue weighted by atomic mass is 9.90. The van der Waals surface area contributed by atoms with Gasteiger partial charge in [-0.1, -0.05) is 11.6 Å². The van der Waals surface area contributed by atoms with E-state index in [9.17, 15) is 13.2 Å². The summed E-state index contributed by atoms with van der Waals surface area (Å²) in [4.78, 5) is 12.0. The Hall–Kier alpha value is -1.08. The molecule has 1 aliphatic carbocycles. The van der Waals surface area contributed by atoms with Crippen molar-refractivity contribution in [2.24, 2.45) is 0 Å². The standard InChI is InChI=1S/C16H26N2O4S/c19-15(17-8-5-13-3-1-2-4-13)18-14-6-9-22-16(11-14)7-10-23(20,21)12-16/h3,14H,1-2,4-12H2,(H2,17,18,19). The highest BCUT2D eigenvalue weighted by Crippen LogP contribution is 2.35. The summed E-state index contributed by atoms with van der Waals surface area (Å²) >= 11 is 0. The van der Waals surface area contributed by atoms with E-state index in [-0.39, 0.29) is 23.6 Å². The fraction of sp³-hybridized carbons (Fsp3) is 0.812.